The Balaban J connectivity index is 2.20. The van der Waals surface area contributed by atoms with Gasteiger partial charge < -0.3 is 10.1 Å². The number of carbonyl (C=O) groups is 1. The second-order valence-electron chi connectivity index (χ2n) is 4.31. The molecule has 0 aliphatic rings. The molecule has 3 rings (SSSR count). The molecule has 0 fully saturated rings. The maximum absolute atomic E-state index is 11.3. The van der Waals surface area contributed by atoms with Crippen LogP contribution in [0.3, 0.4) is 0 Å². The van der Waals surface area contributed by atoms with Gasteiger partial charge in [-0.3, -0.25) is 14.5 Å². The van der Waals surface area contributed by atoms with Crippen molar-refractivity contribution in [2.24, 2.45) is 12.8 Å². The largest absolute Gasteiger partial charge is 0.364 e. The van der Waals surface area contributed by atoms with E-state index in [4.69, 9.17) is 5.73 Å². The molecular weight excluding hydrogens is 244 g/mol. The van der Waals surface area contributed by atoms with E-state index in [1.165, 1.54) is 0 Å². The fraction of sp³-hybridized carbons (Fsp3) is 0.167. The van der Waals surface area contributed by atoms with Gasteiger partial charge in [-0.25, -0.2) is 4.98 Å². The molecule has 0 aliphatic heterocycles. The van der Waals surface area contributed by atoms with Gasteiger partial charge in [-0.15, -0.1) is 0 Å². The summed E-state index contributed by atoms with van der Waals surface area (Å²) in [5.74, 6) is -0.538. The van der Waals surface area contributed by atoms with Crippen molar-refractivity contribution in [1.82, 2.24) is 24.1 Å². The second-order valence-corrected chi connectivity index (χ2v) is 4.31. The molecule has 7 nitrogen and oxygen atoms in total. The highest BCUT2D eigenvalue weighted by molar-refractivity contribution is 5.92. The summed E-state index contributed by atoms with van der Waals surface area (Å²) < 4.78 is 3.51. The highest BCUT2D eigenvalue weighted by Gasteiger charge is 2.14. The van der Waals surface area contributed by atoms with Gasteiger partial charge in [0, 0.05) is 25.0 Å². The van der Waals surface area contributed by atoms with E-state index in [-0.39, 0.29) is 5.69 Å². The van der Waals surface area contributed by atoms with Gasteiger partial charge in [0.1, 0.15) is 5.69 Å². The third-order valence-electron chi connectivity index (χ3n) is 2.98. The molecule has 0 saturated carbocycles. The topological polar surface area (TPSA) is 91.1 Å². The number of primary amides is 1. The molecular formula is C12H12N6O. The molecule has 0 aromatic carbocycles. The third kappa shape index (κ3) is 1.75. The zero-order valence-corrected chi connectivity index (χ0v) is 10.5. The monoisotopic (exact) mass is 256 g/mol. The zero-order valence-electron chi connectivity index (χ0n) is 10.5. The van der Waals surface area contributed by atoms with E-state index in [2.05, 4.69) is 15.1 Å². The van der Waals surface area contributed by atoms with Gasteiger partial charge in [-0.05, 0) is 6.92 Å². The molecule has 0 atom stereocenters. The fourth-order valence-electron chi connectivity index (χ4n) is 2.01. The number of aryl methyl sites for hydroxylation is 2. The summed E-state index contributed by atoms with van der Waals surface area (Å²) in [6.45, 7) is 1.80. The van der Waals surface area contributed by atoms with E-state index >= 15 is 0 Å². The summed E-state index contributed by atoms with van der Waals surface area (Å²) in [5, 5.41) is 4.11. The average molecular weight is 256 g/mol. The van der Waals surface area contributed by atoms with E-state index in [9.17, 15) is 4.79 Å². The molecule has 0 spiro atoms. The van der Waals surface area contributed by atoms with Crippen LogP contribution in [0.4, 0.5) is 0 Å². The molecule has 96 valence electrons. The number of carbonyl (C=O) groups excluding carboxylic acids is 1. The first-order valence-electron chi connectivity index (χ1n) is 5.70. The SMILES string of the molecule is Cc1c(C(N)=O)nc2cnc(-c3cnn(C)c3)cn12. The summed E-state index contributed by atoms with van der Waals surface area (Å²) in [7, 11) is 1.84. The summed E-state index contributed by atoms with van der Waals surface area (Å²) in [6.07, 6.45) is 7.04. The lowest BCUT2D eigenvalue weighted by Gasteiger charge is -2.00. The molecule has 7 heteroatoms. The molecule has 0 radical (unpaired) electrons. The van der Waals surface area contributed by atoms with Crippen LogP contribution in [-0.2, 0) is 7.05 Å². The molecule has 0 unspecified atom stereocenters. The van der Waals surface area contributed by atoms with Crippen LogP contribution in [0.5, 0.6) is 0 Å². The van der Waals surface area contributed by atoms with Crippen molar-refractivity contribution in [2.45, 2.75) is 6.92 Å². The van der Waals surface area contributed by atoms with Gasteiger partial charge in [0.05, 0.1) is 23.8 Å². The Bertz CT molecular complexity index is 785. The van der Waals surface area contributed by atoms with E-state index in [1.807, 2.05) is 19.4 Å². The normalized spacial score (nSPS) is 11.1. The van der Waals surface area contributed by atoms with Crippen LogP contribution in [-0.4, -0.2) is 30.1 Å². The molecule has 3 heterocycles. The molecule has 0 bridgehead atoms. The van der Waals surface area contributed by atoms with E-state index in [0.717, 1.165) is 11.3 Å². The lowest BCUT2D eigenvalue weighted by molar-refractivity contribution is 0.0995. The predicted molar refractivity (Wildman–Crippen MR) is 68.4 cm³/mol. The van der Waals surface area contributed by atoms with Gasteiger partial charge in [-0.2, -0.15) is 5.10 Å². The first-order chi connectivity index (χ1) is 9.06. The Morgan fingerprint density at radius 2 is 2.11 bits per heavy atom. The minimum absolute atomic E-state index is 0.269. The van der Waals surface area contributed by atoms with Crippen LogP contribution in [0, 0.1) is 6.92 Å². The maximum Gasteiger partial charge on any atom is 0.269 e. The van der Waals surface area contributed by atoms with Crippen LogP contribution in [0.15, 0.2) is 24.8 Å². The summed E-state index contributed by atoms with van der Waals surface area (Å²) >= 11 is 0. The van der Waals surface area contributed by atoms with Crippen LogP contribution in [0.2, 0.25) is 0 Å². The van der Waals surface area contributed by atoms with Gasteiger partial charge in [-0.1, -0.05) is 0 Å². The Hall–Kier alpha value is -2.70. The van der Waals surface area contributed by atoms with Gasteiger partial charge in [0.2, 0.25) is 0 Å². The van der Waals surface area contributed by atoms with Crippen molar-refractivity contribution >= 4 is 11.6 Å². The van der Waals surface area contributed by atoms with Gasteiger partial charge >= 0.3 is 0 Å². The molecule has 19 heavy (non-hydrogen) atoms. The third-order valence-corrected chi connectivity index (χ3v) is 2.98. The number of aromatic nitrogens is 5. The Morgan fingerprint density at radius 3 is 2.74 bits per heavy atom. The van der Waals surface area contributed by atoms with E-state index < -0.39 is 5.91 Å². The first kappa shape index (κ1) is 11.4. The number of nitrogens with zero attached hydrogens (tertiary/aromatic N) is 5. The summed E-state index contributed by atoms with van der Waals surface area (Å²) in [5.41, 5.74) is 8.51. The fourth-order valence-corrected chi connectivity index (χ4v) is 2.01. The molecule has 1 amide bonds. The van der Waals surface area contributed by atoms with Crippen molar-refractivity contribution in [1.29, 1.82) is 0 Å². The van der Waals surface area contributed by atoms with Gasteiger partial charge in [0.15, 0.2) is 5.65 Å². The quantitative estimate of drug-likeness (QED) is 0.724. The van der Waals surface area contributed by atoms with Crippen molar-refractivity contribution in [3.8, 4) is 11.3 Å². The number of nitrogens with two attached hydrogens (primary N) is 1. The van der Waals surface area contributed by atoms with Crippen LogP contribution < -0.4 is 5.73 Å². The minimum Gasteiger partial charge on any atom is -0.364 e. The summed E-state index contributed by atoms with van der Waals surface area (Å²) in [6, 6.07) is 0. The standard InChI is InChI=1S/C12H12N6O/c1-7-11(12(13)19)16-10-4-14-9(6-18(7)10)8-3-15-17(2)5-8/h3-6H,1-2H3,(H2,13,19). The Kier molecular flexibility index (Phi) is 2.34. The van der Waals surface area contributed by atoms with Crippen molar-refractivity contribution in [3.05, 3.63) is 36.2 Å². The number of rotatable bonds is 2. The van der Waals surface area contributed by atoms with Gasteiger partial charge in [0.25, 0.3) is 5.91 Å². The number of imidazole rings is 1. The maximum atomic E-state index is 11.3. The average Bonchev–Trinajstić information content (AvgIpc) is 2.94. The van der Waals surface area contributed by atoms with Crippen molar-refractivity contribution in [2.75, 3.05) is 0 Å². The first-order valence-corrected chi connectivity index (χ1v) is 5.70. The van der Waals surface area contributed by atoms with E-state index in [1.54, 1.807) is 28.4 Å². The summed E-state index contributed by atoms with van der Waals surface area (Å²) in [4.78, 5) is 19.7. The molecule has 0 aliphatic carbocycles. The second kappa shape index (κ2) is 3.91. The highest BCUT2D eigenvalue weighted by Crippen LogP contribution is 2.18. The lowest BCUT2D eigenvalue weighted by atomic mass is 10.2. The minimum atomic E-state index is -0.538. The molecule has 3 aromatic rings. The van der Waals surface area contributed by atoms with Crippen LogP contribution >= 0.6 is 0 Å². The van der Waals surface area contributed by atoms with Crippen LogP contribution in [0.1, 0.15) is 16.2 Å². The van der Waals surface area contributed by atoms with Crippen molar-refractivity contribution < 1.29 is 4.79 Å². The number of hydrogen-bond acceptors (Lipinski definition) is 4. The smallest absolute Gasteiger partial charge is 0.269 e. The molecule has 2 N–H and O–H groups in total. The molecule has 0 saturated heterocycles. The predicted octanol–water partition coefficient (Wildman–Crippen LogP) is 0.537. The lowest BCUT2D eigenvalue weighted by Crippen LogP contribution is -2.12. The zero-order chi connectivity index (χ0) is 13.6. The highest BCUT2D eigenvalue weighted by atomic mass is 16.1. The Morgan fingerprint density at radius 1 is 1.32 bits per heavy atom. The van der Waals surface area contributed by atoms with Crippen molar-refractivity contribution in [3.63, 3.8) is 0 Å². The van der Waals surface area contributed by atoms with Crippen LogP contribution in [0.25, 0.3) is 16.9 Å². The Labute approximate surface area is 108 Å². The van der Waals surface area contributed by atoms with E-state index in [0.29, 0.717) is 11.3 Å². The number of fused-ring (bicyclic) bond motifs is 1. The molecule has 3 aromatic heterocycles. The number of hydrogen-bond donors (Lipinski definition) is 1. The number of amides is 1.